The molecule has 0 N–H and O–H groups in total. The van der Waals surface area contributed by atoms with Gasteiger partial charge in [-0.1, -0.05) is 12.1 Å². The second-order valence-electron chi connectivity index (χ2n) is 3.02. The van der Waals surface area contributed by atoms with Gasteiger partial charge in [-0.2, -0.15) is 10.4 Å². The molecule has 2 rings (SSSR count). The zero-order chi connectivity index (χ0) is 9.42. The molecular formula is C10H9N3. The van der Waals surface area contributed by atoms with E-state index in [1.165, 1.54) is 0 Å². The van der Waals surface area contributed by atoms with E-state index in [9.17, 15) is 0 Å². The van der Waals surface area contributed by atoms with Crippen LogP contribution < -0.4 is 0 Å². The molecule has 0 atom stereocenters. The van der Waals surface area contributed by atoms with Crippen LogP contribution in [0, 0.1) is 18.3 Å². The van der Waals surface area contributed by atoms with Crippen molar-refractivity contribution in [3.05, 3.63) is 29.5 Å². The smallest absolute Gasteiger partial charge is 0.110 e. The highest BCUT2D eigenvalue weighted by Gasteiger charge is 2.07. The lowest BCUT2D eigenvalue weighted by molar-refractivity contribution is 0.751. The highest BCUT2D eigenvalue weighted by atomic mass is 15.3. The van der Waals surface area contributed by atoms with Crippen molar-refractivity contribution in [2.24, 2.45) is 7.05 Å². The van der Waals surface area contributed by atoms with Crippen LogP contribution in [0.5, 0.6) is 0 Å². The van der Waals surface area contributed by atoms with Gasteiger partial charge in [-0.15, -0.1) is 0 Å². The number of nitriles is 1. The lowest BCUT2D eigenvalue weighted by atomic mass is 10.1. The van der Waals surface area contributed by atoms with Crippen LogP contribution in [-0.4, -0.2) is 9.78 Å². The fourth-order valence-electron chi connectivity index (χ4n) is 1.43. The summed E-state index contributed by atoms with van der Waals surface area (Å²) in [7, 11) is 1.89. The molecule has 64 valence electrons. The lowest BCUT2D eigenvalue weighted by Crippen LogP contribution is -1.91. The number of fused-ring (bicyclic) bond motifs is 1. The molecule has 1 heterocycles. The molecule has 2 aromatic rings. The fraction of sp³-hybridized carbons (Fsp3) is 0.200. The van der Waals surface area contributed by atoms with Gasteiger partial charge in [0.15, 0.2) is 0 Å². The Morgan fingerprint density at radius 3 is 2.92 bits per heavy atom. The molecule has 0 fully saturated rings. The number of hydrogen-bond donors (Lipinski definition) is 0. The summed E-state index contributed by atoms with van der Waals surface area (Å²) in [4.78, 5) is 0. The molecule has 0 amide bonds. The Balaban J connectivity index is 2.95. The fourth-order valence-corrected chi connectivity index (χ4v) is 1.43. The Morgan fingerprint density at radius 2 is 2.23 bits per heavy atom. The molecule has 0 saturated heterocycles. The molecule has 0 spiro atoms. The molecule has 3 heteroatoms. The second-order valence-corrected chi connectivity index (χ2v) is 3.02. The molecule has 0 aliphatic carbocycles. The molecule has 0 saturated carbocycles. The largest absolute Gasteiger partial charge is 0.272 e. The highest BCUT2D eigenvalue weighted by molar-refractivity contribution is 5.86. The Morgan fingerprint density at radius 1 is 1.46 bits per heavy atom. The zero-order valence-electron chi connectivity index (χ0n) is 7.57. The molecule has 0 radical (unpaired) electrons. The highest BCUT2D eigenvalue weighted by Crippen LogP contribution is 2.19. The average molecular weight is 171 g/mol. The Labute approximate surface area is 76.2 Å². The van der Waals surface area contributed by atoms with Gasteiger partial charge < -0.3 is 0 Å². The van der Waals surface area contributed by atoms with E-state index in [4.69, 9.17) is 5.26 Å². The number of hydrogen-bond acceptors (Lipinski definition) is 2. The van der Waals surface area contributed by atoms with E-state index in [1.54, 1.807) is 10.7 Å². The van der Waals surface area contributed by atoms with Crippen LogP contribution in [0.1, 0.15) is 11.3 Å². The zero-order valence-corrected chi connectivity index (χ0v) is 7.57. The quantitative estimate of drug-likeness (QED) is 0.606. The van der Waals surface area contributed by atoms with Crippen LogP contribution in [0.3, 0.4) is 0 Å². The molecule has 0 aliphatic rings. The Hall–Kier alpha value is -1.82. The summed E-state index contributed by atoms with van der Waals surface area (Å²) in [6, 6.07) is 7.79. The summed E-state index contributed by atoms with van der Waals surface area (Å²) in [6.07, 6.45) is 0. The standard InChI is InChI=1S/C10H9N3/c1-7-9-5-3-4-8(6-11)10(9)12-13(7)2/h3-5H,1-2H3. The van der Waals surface area contributed by atoms with Crippen LogP contribution in [0.4, 0.5) is 0 Å². The molecule has 1 aromatic carbocycles. The van der Waals surface area contributed by atoms with Crippen LogP contribution in [0.15, 0.2) is 18.2 Å². The number of nitrogens with zero attached hydrogens (tertiary/aromatic N) is 3. The van der Waals surface area contributed by atoms with Gasteiger partial charge in [-0.05, 0) is 13.0 Å². The number of aryl methyl sites for hydroxylation is 2. The number of rotatable bonds is 0. The van der Waals surface area contributed by atoms with E-state index in [1.807, 2.05) is 26.1 Å². The van der Waals surface area contributed by atoms with Gasteiger partial charge >= 0.3 is 0 Å². The van der Waals surface area contributed by atoms with Crippen molar-refractivity contribution >= 4 is 10.9 Å². The summed E-state index contributed by atoms with van der Waals surface area (Å²) < 4.78 is 1.80. The van der Waals surface area contributed by atoms with Crippen molar-refractivity contribution in [1.29, 1.82) is 5.26 Å². The van der Waals surface area contributed by atoms with E-state index >= 15 is 0 Å². The van der Waals surface area contributed by atoms with E-state index in [0.29, 0.717) is 5.56 Å². The number of aromatic nitrogens is 2. The van der Waals surface area contributed by atoms with Crippen molar-refractivity contribution in [3.8, 4) is 6.07 Å². The summed E-state index contributed by atoms with van der Waals surface area (Å²) in [6.45, 7) is 2.00. The third kappa shape index (κ3) is 0.994. The lowest BCUT2D eigenvalue weighted by Gasteiger charge is -1.91. The third-order valence-electron chi connectivity index (χ3n) is 2.28. The van der Waals surface area contributed by atoms with Crippen LogP contribution >= 0.6 is 0 Å². The topological polar surface area (TPSA) is 41.6 Å². The first-order valence-corrected chi connectivity index (χ1v) is 4.06. The average Bonchev–Trinajstić information content (AvgIpc) is 2.43. The maximum Gasteiger partial charge on any atom is 0.110 e. The van der Waals surface area contributed by atoms with Gasteiger partial charge in [0.1, 0.15) is 11.6 Å². The minimum Gasteiger partial charge on any atom is -0.272 e. The molecular weight excluding hydrogens is 162 g/mol. The molecule has 0 unspecified atom stereocenters. The molecule has 13 heavy (non-hydrogen) atoms. The third-order valence-corrected chi connectivity index (χ3v) is 2.28. The van der Waals surface area contributed by atoms with Crippen LogP contribution in [-0.2, 0) is 7.05 Å². The number of benzene rings is 1. The van der Waals surface area contributed by atoms with E-state index in [2.05, 4.69) is 11.2 Å². The maximum absolute atomic E-state index is 8.84. The van der Waals surface area contributed by atoms with Gasteiger partial charge in [0.05, 0.1) is 5.56 Å². The Kier molecular flexibility index (Phi) is 1.56. The monoisotopic (exact) mass is 171 g/mol. The summed E-state index contributed by atoms with van der Waals surface area (Å²) >= 11 is 0. The van der Waals surface area contributed by atoms with Gasteiger partial charge in [0.2, 0.25) is 0 Å². The van der Waals surface area contributed by atoms with Gasteiger partial charge in [-0.3, -0.25) is 4.68 Å². The predicted octanol–water partition coefficient (Wildman–Crippen LogP) is 1.75. The van der Waals surface area contributed by atoms with Crippen LogP contribution in [0.25, 0.3) is 10.9 Å². The minimum absolute atomic E-state index is 0.640. The van der Waals surface area contributed by atoms with Crippen molar-refractivity contribution in [2.75, 3.05) is 0 Å². The minimum atomic E-state index is 0.640. The van der Waals surface area contributed by atoms with Gasteiger partial charge in [0.25, 0.3) is 0 Å². The first-order chi connectivity index (χ1) is 6.24. The summed E-state index contributed by atoms with van der Waals surface area (Å²) in [5, 5.41) is 14.2. The first kappa shape index (κ1) is 7.81. The summed E-state index contributed by atoms with van der Waals surface area (Å²) in [5.74, 6) is 0. The first-order valence-electron chi connectivity index (χ1n) is 4.06. The van der Waals surface area contributed by atoms with Gasteiger partial charge in [-0.25, -0.2) is 0 Å². The molecule has 0 aliphatic heterocycles. The van der Waals surface area contributed by atoms with E-state index in [0.717, 1.165) is 16.6 Å². The molecule has 1 aromatic heterocycles. The van der Waals surface area contributed by atoms with Crippen molar-refractivity contribution in [1.82, 2.24) is 9.78 Å². The second kappa shape index (κ2) is 2.60. The normalized spacial score (nSPS) is 10.2. The Bertz CT molecular complexity index is 503. The maximum atomic E-state index is 8.84. The molecule has 0 bridgehead atoms. The van der Waals surface area contributed by atoms with Crippen molar-refractivity contribution in [2.45, 2.75) is 6.92 Å². The SMILES string of the molecule is Cc1c2cccc(C#N)c2nn1C. The molecule has 3 nitrogen and oxygen atoms in total. The van der Waals surface area contributed by atoms with E-state index < -0.39 is 0 Å². The van der Waals surface area contributed by atoms with Crippen molar-refractivity contribution < 1.29 is 0 Å². The summed E-state index contributed by atoms with van der Waals surface area (Å²) in [5.41, 5.74) is 2.53. The predicted molar refractivity (Wildman–Crippen MR) is 50.2 cm³/mol. The van der Waals surface area contributed by atoms with E-state index in [-0.39, 0.29) is 0 Å². The van der Waals surface area contributed by atoms with Gasteiger partial charge in [0, 0.05) is 18.1 Å². The van der Waals surface area contributed by atoms with Crippen LogP contribution in [0.2, 0.25) is 0 Å². The van der Waals surface area contributed by atoms with Crippen molar-refractivity contribution in [3.63, 3.8) is 0 Å².